The Morgan fingerprint density at radius 1 is 1.40 bits per heavy atom. The quantitative estimate of drug-likeness (QED) is 0.334. The summed E-state index contributed by atoms with van der Waals surface area (Å²) in [6.07, 6.45) is -4.20. The fourth-order valence-electron chi connectivity index (χ4n) is 0.701. The summed E-state index contributed by atoms with van der Waals surface area (Å²) in [5, 5.41) is 26.3. The van der Waals surface area contributed by atoms with E-state index in [0.29, 0.717) is 0 Å². The average Bonchev–Trinajstić information content (AvgIpc) is 1.93. The Labute approximate surface area is 56.9 Å². The SMILES string of the molecule is O=C1OC[C@@H](O)[C@H](O)[C@@H]1O. The number of rotatable bonds is 0. The molecule has 1 heterocycles. The topological polar surface area (TPSA) is 87.0 Å². The van der Waals surface area contributed by atoms with Crippen LogP contribution < -0.4 is 0 Å². The molecule has 0 aromatic carbocycles. The van der Waals surface area contributed by atoms with Gasteiger partial charge in [0, 0.05) is 0 Å². The summed E-state index contributed by atoms with van der Waals surface area (Å²) in [4.78, 5) is 10.4. The number of cyclic esters (lactones) is 1. The molecular weight excluding hydrogens is 140 g/mol. The van der Waals surface area contributed by atoms with Crippen LogP contribution >= 0.6 is 0 Å². The maximum atomic E-state index is 10.4. The second-order valence-electron chi connectivity index (χ2n) is 2.13. The van der Waals surface area contributed by atoms with E-state index in [1.807, 2.05) is 0 Å². The molecule has 1 saturated heterocycles. The summed E-state index contributed by atoms with van der Waals surface area (Å²) in [6, 6.07) is 0. The average molecular weight is 148 g/mol. The number of esters is 1. The Balaban J connectivity index is 2.60. The summed E-state index contributed by atoms with van der Waals surface area (Å²) in [5.74, 6) is -0.891. The second-order valence-corrected chi connectivity index (χ2v) is 2.13. The summed E-state index contributed by atoms with van der Waals surface area (Å²) in [5.41, 5.74) is 0. The Bertz CT molecular complexity index is 145. The Kier molecular flexibility index (Phi) is 1.89. The third kappa shape index (κ3) is 1.11. The minimum absolute atomic E-state index is 0.253. The number of carbonyl (C=O) groups is 1. The van der Waals surface area contributed by atoms with Crippen molar-refractivity contribution in [2.45, 2.75) is 18.3 Å². The van der Waals surface area contributed by atoms with Crippen molar-refractivity contribution < 1.29 is 24.9 Å². The summed E-state index contributed by atoms with van der Waals surface area (Å²) >= 11 is 0. The molecule has 10 heavy (non-hydrogen) atoms. The van der Waals surface area contributed by atoms with Gasteiger partial charge in [0.05, 0.1) is 0 Å². The minimum atomic E-state index is -1.61. The Morgan fingerprint density at radius 3 is 2.50 bits per heavy atom. The van der Waals surface area contributed by atoms with Gasteiger partial charge < -0.3 is 20.1 Å². The van der Waals surface area contributed by atoms with E-state index in [1.54, 1.807) is 0 Å². The van der Waals surface area contributed by atoms with Crippen LogP contribution in [0.15, 0.2) is 0 Å². The van der Waals surface area contributed by atoms with Crippen LogP contribution in [0.25, 0.3) is 0 Å². The zero-order valence-electron chi connectivity index (χ0n) is 5.10. The van der Waals surface area contributed by atoms with Crippen molar-refractivity contribution in [2.24, 2.45) is 0 Å². The Morgan fingerprint density at radius 2 is 2.00 bits per heavy atom. The first-order valence-electron chi connectivity index (χ1n) is 2.84. The number of hydrogen-bond donors (Lipinski definition) is 3. The zero-order valence-corrected chi connectivity index (χ0v) is 5.10. The van der Waals surface area contributed by atoms with Crippen LogP contribution in [-0.2, 0) is 9.53 Å². The van der Waals surface area contributed by atoms with Crippen molar-refractivity contribution in [1.29, 1.82) is 0 Å². The van der Waals surface area contributed by atoms with Crippen LogP contribution in [0.3, 0.4) is 0 Å². The van der Waals surface area contributed by atoms with Gasteiger partial charge in [-0.2, -0.15) is 0 Å². The standard InChI is InChI=1S/C5H8O5/c6-2-1-10-5(9)4(8)3(2)7/h2-4,6-8H,1H2/t2-,3+,4+/m1/s1. The van der Waals surface area contributed by atoms with Gasteiger partial charge in [0.25, 0.3) is 0 Å². The second kappa shape index (κ2) is 2.53. The molecule has 1 fully saturated rings. The maximum Gasteiger partial charge on any atom is 0.337 e. The first kappa shape index (κ1) is 7.46. The molecule has 5 nitrogen and oxygen atoms in total. The molecule has 0 aromatic rings. The fourth-order valence-corrected chi connectivity index (χ4v) is 0.701. The lowest BCUT2D eigenvalue weighted by atomic mass is 10.1. The van der Waals surface area contributed by atoms with Crippen LogP contribution in [0.2, 0.25) is 0 Å². The van der Waals surface area contributed by atoms with Gasteiger partial charge in [-0.1, -0.05) is 0 Å². The lowest BCUT2D eigenvalue weighted by Crippen LogP contribution is -2.50. The van der Waals surface area contributed by atoms with E-state index in [9.17, 15) is 4.79 Å². The van der Waals surface area contributed by atoms with E-state index in [1.165, 1.54) is 0 Å². The van der Waals surface area contributed by atoms with Gasteiger partial charge in [-0.05, 0) is 0 Å². The van der Waals surface area contributed by atoms with Gasteiger partial charge in [-0.3, -0.25) is 0 Å². The molecule has 0 spiro atoms. The van der Waals surface area contributed by atoms with Crippen molar-refractivity contribution in [2.75, 3.05) is 6.61 Å². The molecule has 0 aromatic heterocycles. The summed E-state index contributed by atoms with van der Waals surface area (Å²) in [7, 11) is 0. The molecule has 0 bridgehead atoms. The number of aliphatic hydroxyl groups excluding tert-OH is 3. The number of ether oxygens (including phenoxy) is 1. The largest absolute Gasteiger partial charge is 0.461 e. The van der Waals surface area contributed by atoms with E-state index < -0.39 is 24.3 Å². The van der Waals surface area contributed by atoms with Gasteiger partial charge in [0.15, 0.2) is 6.10 Å². The highest BCUT2D eigenvalue weighted by Gasteiger charge is 2.36. The third-order valence-electron chi connectivity index (χ3n) is 1.36. The zero-order chi connectivity index (χ0) is 7.72. The van der Waals surface area contributed by atoms with Gasteiger partial charge in [-0.15, -0.1) is 0 Å². The van der Waals surface area contributed by atoms with E-state index in [-0.39, 0.29) is 6.61 Å². The highest BCUT2D eigenvalue weighted by atomic mass is 16.6. The smallest absolute Gasteiger partial charge is 0.337 e. The lowest BCUT2D eigenvalue weighted by molar-refractivity contribution is -0.185. The van der Waals surface area contributed by atoms with Crippen molar-refractivity contribution in [3.05, 3.63) is 0 Å². The van der Waals surface area contributed by atoms with Crippen LogP contribution in [0.5, 0.6) is 0 Å². The number of aliphatic hydroxyl groups is 3. The van der Waals surface area contributed by atoms with E-state index in [2.05, 4.69) is 4.74 Å². The monoisotopic (exact) mass is 148 g/mol. The fraction of sp³-hybridized carbons (Fsp3) is 0.800. The molecule has 1 rings (SSSR count). The summed E-state index contributed by atoms with van der Waals surface area (Å²) < 4.78 is 4.27. The highest BCUT2D eigenvalue weighted by molar-refractivity contribution is 5.76. The van der Waals surface area contributed by atoms with Gasteiger partial charge in [-0.25, -0.2) is 4.79 Å². The van der Waals surface area contributed by atoms with Crippen LogP contribution in [-0.4, -0.2) is 46.2 Å². The number of carbonyl (C=O) groups excluding carboxylic acids is 1. The first-order chi connectivity index (χ1) is 4.63. The van der Waals surface area contributed by atoms with Crippen LogP contribution in [0.4, 0.5) is 0 Å². The molecule has 0 radical (unpaired) electrons. The summed E-state index contributed by atoms with van der Waals surface area (Å²) in [6.45, 7) is -0.253. The molecule has 1 aliphatic heterocycles. The van der Waals surface area contributed by atoms with E-state index in [4.69, 9.17) is 15.3 Å². The maximum absolute atomic E-state index is 10.4. The molecular formula is C5H8O5. The Hall–Kier alpha value is -0.650. The van der Waals surface area contributed by atoms with Crippen molar-refractivity contribution >= 4 is 5.97 Å². The normalized spacial score (nSPS) is 41.1. The molecule has 3 N–H and O–H groups in total. The molecule has 3 atom stereocenters. The minimum Gasteiger partial charge on any atom is -0.461 e. The molecule has 0 aliphatic carbocycles. The molecule has 0 amide bonds. The molecule has 5 heteroatoms. The predicted molar refractivity (Wildman–Crippen MR) is 29.0 cm³/mol. The number of hydrogen-bond acceptors (Lipinski definition) is 5. The molecule has 58 valence electrons. The van der Waals surface area contributed by atoms with Crippen molar-refractivity contribution in [3.63, 3.8) is 0 Å². The van der Waals surface area contributed by atoms with Crippen LogP contribution in [0.1, 0.15) is 0 Å². The van der Waals surface area contributed by atoms with E-state index >= 15 is 0 Å². The predicted octanol–water partition coefficient (Wildman–Crippen LogP) is -2.37. The van der Waals surface area contributed by atoms with Gasteiger partial charge >= 0.3 is 5.97 Å². The van der Waals surface area contributed by atoms with Gasteiger partial charge in [0.2, 0.25) is 0 Å². The highest BCUT2D eigenvalue weighted by Crippen LogP contribution is 2.08. The van der Waals surface area contributed by atoms with Crippen molar-refractivity contribution in [1.82, 2.24) is 0 Å². The van der Waals surface area contributed by atoms with Crippen LogP contribution in [0, 0.1) is 0 Å². The lowest BCUT2D eigenvalue weighted by Gasteiger charge is -2.26. The van der Waals surface area contributed by atoms with Crippen molar-refractivity contribution in [3.8, 4) is 0 Å². The molecule has 0 unspecified atom stereocenters. The molecule has 0 saturated carbocycles. The molecule has 1 aliphatic rings. The third-order valence-corrected chi connectivity index (χ3v) is 1.36. The van der Waals surface area contributed by atoms with E-state index in [0.717, 1.165) is 0 Å². The first-order valence-corrected chi connectivity index (χ1v) is 2.84. The van der Waals surface area contributed by atoms with Gasteiger partial charge in [0.1, 0.15) is 18.8 Å².